The van der Waals surface area contributed by atoms with Crippen molar-refractivity contribution in [3.05, 3.63) is 47.1 Å². The number of amides is 2. The van der Waals surface area contributed by atoms with E-state index in [4.69, 9.17) is 16.9 Å². The van der Waals surface area contributed by atoms with Gasteiger partial charge in [0.05, 0.1) is 5.02 Å². The molecule has 8 nitrogen and oxygen atoms in total. The fourth-order valence-electron chi connectivity index (χ4n) is 3.07. The summed E-state index contributed by atoms with van der Waals surface area (Å²) < 4.78 is 13.1. The number of nitrogens with zero attached hydrogens (tertiary/aromatic N) is 4. The maximum atomic E-state index is 13.1. The van der Waals surface area contributed by atoms with E-state index in [1.807, 2.05) is 11.0 Å². The predicted molar refractivity (Wildman–Crippen MR) is 105 cm³/mol. The maximum absolute atomic E-state index is 13.1. The smallest absolute Gasteiger partial charge is 0.313 e. The Bertz CT molecular complexity index is 956. The molecule has 0 unspecified atom stereocenters. The number of aromatic nitrogens is 2. The van der Waals surface area contributed by atoms with Gasteiger partial charge in [0.15, 0.2) is 11.5 Å². The van der Waals surface area contributed by atoms with Gasteiger partial charge in [0, 0.05) is 37.7 Å². The minimum absolute atomic E-state index is 0.141. The van der Waals surface area contributed by atoms with Crippen molar-refractivity contribution in [2.75, 3.05) is 29.9 Å². The highest BCUT2D eigenvalue weighted by atomic mass is 35.5. The van der Waals surface area contributed by atoms with Crippen molar-refractivity contribution < 1.29 is 14.0 Å². The summed E-state index contributed by atoms with van der Waals surface area (Å²) in [6.07, 6.45) is 4.58. The van der Waals surface area contributed by atoms with Crippen LogP contribution in [0.15, 0.2) is 30.6 Å². The van der Waals surface area contributed by atoms with Crippen molar-refractivity contribution >= 4 is 34.9 Å². The van der Waals surface area contributed by atoms with E-state index < -0.39 is 17.6 Å². The molecule has 0 aliphatic carbocycles. The SMILES string of the molecule is N#Cc1nccnc1N1CCC(CNC(=O)C(=O)Nc2ccc(F)c(Cl)c2)CC1. The Kier molecular flexibility index (Phi) is 6.57. The topological polar surface area (TPSA) is 111 Å². The molecule has 2 aromatic rings. The van der Waals surface area contributed by atoms with Gasteiger partial charge in [-0.05, 0) is 37.0 Å². The van der Waals surface area contributed by atoms with Crippen LogP contribution in [0, 0.1) is 23.1 Å². The maximum Gasteiger partial charge on any atom is 0.313 e. The summed E-state index contributed by atoms with van der Waals surface area (Å²) in [5.74, 6) is -1.46. The highest BCUT2D eigenvalue weighted by molar-refractivity contribution is 6.39. The molecular formula is C19H18ClFN6O2. The molecule has 1 aromatic heterocycles. The van der Waals surface area contributed by atoms with Crippen LogP contribution in [0.3, 0.4) is 0 Å². The molecule has 0 atom stereocenters. The van der Waals surface area contributed by atoms with Crippen LogP contribution < -0.4 is 15.5 Å². The lowest BCUT2D eigenvalue weighted by Gasteiger charge is -2.32. The van der Waals surface area contributed by atoms with Gasteiger partial charge in [0.1, 0.15) is 11.9 Å². The third kappa shape index (κ3) is 5.18. The summed E-state index contributed by atoms with van der Waals surface area (Å²) in [7, 11) is 0. The van der Waals surface area contributed by atoms with E-state index in [-0.39, 0.29) is 22.3 Å². The molecule has 1 fully saturated rings. The Morgan fingerprint density at radius 1 is 1.24 bits per heavy atom. The molecule has 29 heavy (non-hydrogen) atoms. The van der Waals surface area contributed by atoms with Gasteiger partial charge in [-0.1, -0.05) is 11.6 Å². The van der Waals surface area contributed by atoms with Crippen LogP contribution in [0.2, 0.25) is 5.02 Å². The fourth-order valence-corrected chi connectivity index (χ4v) is 3.25. The Balaban J connectivity index is 1.46. The first-order valence-electron chi connectivity index (χ1n) is 8.98. The van der Waals surface area contributed by atoms with E-state index in [2.05, 4.69) is 20.6 Å². The van der Waals surface area contributed by atoms with Crippen LogP contribution in [0.5, 0.6) is 0 Å². The minimum atomic E-state index is -0.844. The molecular weight excluding hydrogens is 399 g/mol. The van der Waals surface area contributed by atoms with Crippen molar-refractivity contribution in [1.82, 2.24) is 15.3 Å². The molecule has 0 radical (unpaired) electrons. The monoisotopic (exact) mass is 416 g/mol. The third-order valence-electron chi connectivity index (χ3n) is 4.63. The summed E-state index contributed by atoms with van der Waals surface area (Å²) in [4.78, 5) is 34.2. The van der Waals surface area contributed by atoms with Crippen LogP contribution in [0.1, 0.15) is 18.5 Å². The highest BCUT2D eigenvalue weighted by Crippen LogP contribution is 2.23. The molecule has 150 valence electrons. The van der Waals surface area contributed by atoms with Gasteiger partial charge in [-0.3, -0.25) is 9.59 Å². The summed E-state index contributed by atoms with van der Waals surface area (Å²) in [5.41, 5.74) is 0.527. The second kappa shape index (κ2) is 9.30. The number of hydrogen-bond donors (Lipinski definition) is 2. The standard InChI is InChI=1S/C19H18ClFN6O2/c20-14-9-13(1-2-15(14)21)26-19(29)18(28)25-11-12-3-7-27(8-4-12)17-16(10-22)23-5-6-24-17/h1-2,5-6,9,12H,3-4,7-8,11H2,(H,25,28)(H,26,29). The molecule has 0 saturated carbocycles. The zero-order chi connectivity index (χ0) is 20.8. The van der Waals surface area contributed by atoms with E-state index in [0.717, 1.165) is 18.9 Å². The number of halogens is 2. The zero-order valence-electron chi connectivity index (χ0n) is 15.4. The number of nitrogens with one attached hydrogen (secondary N) is 2. The second-order valence-electron chi connectivity index (χ2n) is 6.56. The Labute approximate surface area is 171 Å². The predicted octanol–water partition coefficient (Wildman–Crippen LogP) is 2.11. The Hall–Kier alpha value is -3.25. The molecule has 1 aromatic carbocycles. The van der Waals surface area contributed by atoms with Gasteiger partial charge >= 0.3 is 11.8 Å². The summed E-state index contributed by atoms with van der Waals surface area (Å²) >= 11 is 5.66. The lowest BCUT2D eigenvalue weighted by Crippen LogP contribution is -2.42. The first-order valence-corrected chi connectivity index (χ1v) is 9.36. The Morgan fingerprint density at radius 3 is 2.66 bits per heavy atom. The zero-order valence-corrected chi connectivity index (χ0v) is 16.1. The van der Waals surface area contributed by atoms with E-state index in [1.165, 1.54) is 18.3 Å². The quantitative estimate of drug-likeness (QED) is 0.738. The molecule has 0 bridgehead atoms. The molecule has 2 amide bonds. The number of anilines is 2. The molecule has 2 N–H and O–H groups in total. The third-order valence-corrected chi connectivity index (χ3v) is 4.92. The number of carbonyl (C=O) groups is 2. The van der Waals surface area contributed by atoms with Crippen LogP contribution in [0.25, 0.3) is 0 Å². The molecule has 3 rings (SSSR count). The average Bonchev–Trinajstić information content (AvgIpc) is 2.75. The summed E-state index contributed by atoms with van der Waals surface area (Å²) in [5, 5.41) is 14.0. The lowest BCUT2D eigenvalue weighted by molar-refractivity contribution is -0.136. The number of benzene rings is 1. The van der Waals surface area contributed by atoms with E-state index >= 15 is 0 Å². The first-order chi connectivity index (χ1) is 14.0. The molecule has 1 saturated heterocycles. The van der Waals surface area contributed by atoms with Gasteiger partial charge in [0.25, 0.3) is 0 Å². The van der Waals surface area contributed by atoms with Gasteiger partial charge in [0.2, 0.25) is 0 Å². The summed E-state index contributed by atoms with van der Waals surface area (Å²) in [6.45, 7) is 1.71. The number of carbonyl (C=O) groups excluding carboxylic acids is 2. The number of piperidine rings is 1. The summed E-state index contributed by atoms with van der Waals surface area (Å²) in [6, 6.07) is 5.71. The normalized spacial score (nSPS) is 14.2. The highest BCUT2D eigenvalue weighted by Gasteiger charge is 2.24. The number of nitriles is 1. The van der Waals surface area contributed by atoms with Crippen molar-refractivity contribution in [3.63, 3.8) is 0 Å². The van der Waals surface area contributed by atoms with Gasteiger partial charge in [-0.2, -0.15) is 5.26 Å². The van der Waals surface area contributed by atoms with Gasteiger partial charge < -0.3 is 15.5 Å². The van der Waals surface area contributed by atoms with Crippen LogP contribution >= 0.6 is 11.6 Å². The largest absolute Gasteiger partial charge is 0.354 e. The number of rotatable bonds is 4. The molecule has 0 spiro atoms. The Morgan fingerprint density at radius 2 is 1.97 bits per heavy atom. The van der Waals surface area contributed by atoms with Crippen molar-refractivity contribution in [3.8, 4) is 6.07 Å². The molecule has 10 heteroatoms. The van der Waals surface area contributed by atoms with Crippen molar-refractivity contribution in [1.29, 1.82) is 5.26 Å². The molecule has 1 aliphatic rings. The first kappa shape index (κ1) is 20.5. The van der Waals surface area contributed by atoms with Gasteiger partial charge in [-0.15, -0.1) is 0 Å². The second-order valence-corrected chi connectivity index (χ2v) is 6.97. The van der Waals surface area contributed by atoms with Gasteiger partial charge in [-0.25, -0.2) is 14.4 Å². The van der Waals surface area contributed by atoms with Crippen molar-refractivity contribution in [2.24, 2.45) is 5.92 Å². The van der Waals surface area contributed by atoms with Crippen molar-refractivity contribution in [2.45, 2.75) is 12.8 Å². The fraction of sp³-hybridized carbons (Fsp3) is 0.316. The molecule has 2 heterocycles. The van der Waals surface area contributed by atoms with Crippen LogP contribution in [0.4, 0.5) is 15.9 Å². The van der Waals surface area contributed by atoms with E-state index in [0.29, 0.717) is 25.5 Å². The minimum Gasteiger partial charge on any atom is -0.354 e. The number of hydrogen-bond acceptors (Lipinski definition) is 6. The molecule has 1 aliphatic heterocycles. The van der Waals surface area contributed by atoms with Crippen LogP contribution in [-0.2, 0) is 9.59 Å². The lowest BCUT2D eigenvalue weighted by atomic mass is 9.96. The van der Waals surface area contributed by atoms with E-state index in [9.17, 15) is 14.0 Å². The van der Waals surface area contributed by atoms with Crippen LogP contribution in [-0.4, -0.2) is 41.4 Å². The van der Waals surface area contributed by atoms with E-state index in [1.54, 1.807) is 6.20 Å². The average molecular weight is 417 g/mol.